The predicted molar refractivity (Wildman–Crippen MR) is 211 cm³/mol. The number of nitrogens with two attached hydrogens (primary N) is 1. The van der Waals surface area contributed by atoms with Crippen LogP contribution in [-0.2, 0) is 32.7 Å². The summed E-state index contributed by atoms with van der Waals surface area (Å²) in [7, 11) is -4.38. The molecule has 0 amide bonds. The van der Waals surface area contributed by atoms with Crippen molar-refractivity contribution in [2.75, 3.05) is 26.4 Å². The molecular formula is C41H78NO8P. The Balaban J connectivity index is 4.23. The summed E-state index contributed by atoms with van der Waals surface area (Å²) in [5.74, 6) is -0.900. The molecule has 0 radical (unpaired) electrons. The lowest BCUT2D eigenvalue weighted by Crippen LogP contribution is -2.29. The van der Waals surface area contributed by atoms with Gasteiger partial charge in [-0.15, -0.1) is 0 Å². The van der Waals surface area contributed by atoms with Crippen LogP contribution >= 0.6 is 7.82 Å². The van der Waals surface area contributed by atoms with E-state index in [4.69, 9.17) is 24.3 Å². The van der Waals surface area contributed by atoms with Crippen LogP contribution in [0, 0.1) is 0 Å². The minimum atomic E-state index is -4.38. The third kappa shape index (κ3) is 38.0. The van der Waals surface area contributed by atoms with Gasteiger partial charge in [-0.25, -0.2) is 4.57 Å². The number of hydrogen-bond acceptors (Lipinski definition) is 8. The van der Waals surface area contributed by atoms with Crippen molar-refractivity contribution in [1.29, 1.82) is 0 Å². The summed E-state index contributed by atoms with van der Waals surface area (Å²) >= 11 is 0. The van der Waals surface area contributed by atoms with E-state index in [1.54, 1.807) is 0 Å². The maximum atomic E-state index is 12.5. The summed E-state index contributed by atoms with van der Waals surface area (Å²) in [5, 5.41) is 0. The van der Waals surface area contributed by atoms with Gasteiger partial charge in [0.05, 0.1) is 13.2 Å². The van der Waals surface area contributed by atoms with Gasteiger partial charge in [0.15, 0.2) is 6.10 Å². The van der Waals surface area contributed by atoms with Gasteiger partial charge in [0.1, 0.15) is 6.61 Å². The first-order valence-electron chi connectivity index (χ1n) is 20.8. The van der Waals surface area contributed by atoms with Crippen LogP contribution in [0.4, 0.5) is 0 Å². The molecule has 0 aromatic rings. The Kier molecular flexibility index (Phi) is 37.1. The molecule has 0 aromatic carbocycles. The highest BCUT2D eigenvalue weighted by Crippen LogP contribution is 2.43. The van der Waals surface area contributed by atoms with Crippen molar-refractivity contribution in [1.82, 2.24) is 0 Å². The molecule has 0 rings (SSSR count). The molecule has 9 nitrogen and oxygen atoms in total. The van der Waals surface area contributed by atoms with Gasteiger partial charge >= 0.3 is 19.8 Å². The zero-order valence-electron chi connectivity index (χ0n) is 32.8. The number of ether oxygens (including phenoxy) is 2. The van der Waals surface area contributed by atoms with E-state index < -0.39 is 32.5 Å². The number of unbranched alkanes of at least 4 members (excludes halogenated alkanes) is 22. The zero-order chi connectivity index (χ0) is 37.5. The van der Waals surface area contributed by atoms with Crippen molar-refractivity contribution < 1.29 is 37.6 Å². The molecule has 10 heteroatoms. The molecule has 0 aliphatic carbocycles. The Morgan fingerprint density at radius 1 is 0.569 bits per heavy atom. The van der Waals surface area contributed by atoms with E-state index in [1.807, 2.05) is 6.08 Å². The Hall–Kier alpha value is -1.51. The fraction of sp³-hybridized carbons (Fsp3) is 0.854. The summed E-state index contributed by atoms with van der Waals surface area (Å²) in [5.41, 5.74) is 5.34. The maximum absolute atomic E-state index is 12.5. The molecule has 0 saturated heterocycles. The second-order valence-electron chi connectivity index (χ2n) is 13.8. The second kappa shape index (κ2) is 38.2. The van der Waals surface area contributed by atoms with Gasteiger partial charge in [0, 0.05) is 19.4 Å². The van der Waals surface area contributed by atoms with Gasteiger partial charge in [-0.05, 0) is 51.4 Å². The van der Waals surface area contributed by atoms with E-state index in [0.29, 0.717) is 12.8 Å². The molecule has 0 spiro atoms. The van der Waals surface area contributed by atoms with E-state index >= 15 is 0 Å². The predicted octanol–water partition coefficient (Wildman–Crippen LogP) is 11.6. The van der Waals surface area contributed by atoms with E-state index in [2.05, 4.69) is 32.1 Å². The summed E-state index contributed by atoms with van der Waals surface area (Å²) in [4.78, 5) is 34.7. The van der Waals surface area contributed by atoms with E-state index in [9.17, 15) is 19.0 Å². The maximum Gasteiger partial charge on any atom is 0.472 e. The third-order valence-corrected chi connectivity index (χ3v) is 9.81. The largest absolute Gasteiger partial charge is 0.472 e. The van der Waals surface area contributed by atoms with Crippen molar-refractivity contribution in [3.63, 3.8) is 0 Å². The van der Waals surface area contributed by atoms with Crippen LogP contribution in [0.2, 0.25) is 0 Å². The second-order valence-corrected chi connectivity index (χ2v) is 15.3. The highest BCUT2D eigenvalue weighted by Gasteiger charge is 2.25. The number of carbonyl (C=O) groups is 2. The van der Waals surface area contributed by atoms with Crippen molar-refractivity contribution in [2.45, 2.75) is 200 Å². The third-order valence-electron chi connectivity index (χ3n) is 8.82. The standard InChI is InChI=1S/C41H78NO8P/c1-3-5-7-9-11-13-15-17-19-21-23-25-27-29-31-33-40(43)47-37-39(38-49-51(45,46)48-36-35-42)50-41(44)34-32-30-28-26-24-22-20-18-16-14-12-10-8-6-4-2/h22,24,27,29,39H,3-21,23,25-26,28,30-38,42H2,1-2H3,(H,45,46)/b24-22+,29-27+/t39-/m1/s1. The summed E-state index contributed by atoms with van der Waals surface area (Å²) < 4.78 is 32.6. The number of rotatable bonds is 39. The van der Waals surface area contributed by atoms with Crippen LogP contribution in [0.3, 0.4) is 0 Å². The fourth-order valence-corrected chi connectivity index (χ4v) is 6.47. The van der Waals surface area contributed by atoms with Gasteiger partial charge in [-0.3, -0.25) is 18.6 Å². The number of phosphoric acid groups is 1. The Morgan fingerprint density at radius 3 is 1.47 bits per heavy atom. The quantitative estimate of drug-likeness (QED) is 0.0273. The summed E-state index contributed by atoms with van der Waals surface area (Å²) in [6.07, 6.45) is 39.3. The molecule has 0 fully saturated rings. The van der Waals surface area contributed by atoms with Crippen LogP contribution in [-0.4, -0.2) is 49.3 Å². The zero-order valence-corrected chi connectivity index (χ0v) is 33.7. The van der Waals surface area contributed by atoms with Crippen LogP contribution in [0.25, 0.3) is 0 Å². The van der Waals surface area contributed by atoms with Crippen molar-refractivity contribution >= 4 is 19.8 Å². The first-order valence-corrected chi connectivity index (χ1v) is 22.3. The van der Waals surface area contributed by atoms with Crippen LogP contribution in [0.5, 0.6) is 0 Å². The molecule has 0 bridgehead atoms. The van der Waals surface area contributed by atoms with Gasteiger partial charge in [-0.2, -0.15) is 0 Å². The minimum absolute atomic E-state index is 0.0484. The topological polar surface area (TPSA) is 134 Å². The molecule has 2 atom stereocenters. The molecule has 1 unspecified atom stereocenters. The Labute approximate surface area is 312 Å². The molecule has 0 heterocycles. The van der Waals surface area contributed by atoms with Gasteiger partial charge in [-0.1, -0.05) is 154 Å². The first-order chi connectivity index (χ1) is 24.8. The highest BCUT2D eigenvalue weighted by molar-refractivity contribution is 7.47. The number of allylic oxidation sites excluding steroid dienone is 4. The molecule has 0 aliphatic rings. The SMILES string of the molecule is CCCCCCCCCC/C=C/CCCCCC(=O)O[C@H](COC(=O)CC/C=C/CCCCCCCCCCCCC)COP(=O)(O)OCCN. The number of carbonyl (C=O) groups excluding carboxylic acids is 2. The molecule has 0 aromatic heterocycles. The first kappa shape index (κ1) is 49.5. The monoisotopic (exact) mass is 744 g/mol. The van der Waals surface area contributed by atoms with Crippen molar-refractivity contribution in [2.24, 2.45) is 5.73 Å². The van der Waals surface area contributed by atoms with Crippen LogP contribution in [0.15, 0.2) is 24.3 Å². The average Bonchev–Trinajstić information content (AvgIpc) is 3.11. The van der Waals surface area contributed by atoms with Crippen LogP contribution in [0.1, 0.15) is 194 Å². The lowest BCUT2D eigenvalue weighted by atomic mass is 10.1. The summed E-state index contributed by atoms with van der Waals surface area (Å²) in [6, 6.07) is 0. The molecule has 3 N–H and O–H groups in total. The molecule has 0 saturated carbocycles. The summed E-state index contributed by atoms with van der Waals surface area (Å²) in [6.45, 7) is 3.68. The average molecular weight is 744 g/mol. The number of phosphoric ester groups is 1. The number of esters is 2. The smallest absolute Gasteiger partial charge is 0.462 e. The molecule has 0 aliphatic heterocycles. The Bertz CT molecular complexity index is 897. The normalized spacial score (nSPS) is 13.6. The molecule has 51 heavy (non-hydrogen) atoms. The van der Waals surface area contributed by atoms with E-state index in [-0.39, 0.29) is 32.6 Å². The minimum Gasteiger partial charge on any atom is -0.462 e. The molecule has 300 valence electrons. The van der Waals surface area contributed by atoms with Crippen molar-refractivity contribution in [3.8, 4) is 0 Å². The van der Waals surface area contributed by atoms with Crippen molar-refractivity contribution in [3.05, 3.63) is 24.3 Å². The fourth-order valence-electron chi connectivity index (χ4n) is 5.71. The van der Waals surface area contributed by atoms with Gasteiger partial charge < -0.3 is 20.1 Å². The lowest BCUT2D eigenvalue weighted by Gasteiger charge is -2.19. The Morgan fingerprint density at radius 2 is 1.00 bits per heavy atom. The lowest BCUT2D eigenvalue weighted by molar-refractivity contribution is -0.161. The number of hydrogen-bond donors (Lipinski definition) is 2. The van der Waals surface area contributed by atoms with E-state index in [1.165, 1.54) is 116 Å². The van der Waals surface area contributed by atoms with Crippen LogP contribution < -0.4 is 5.73 Å². The highest BCUT2D eigenvalue weighted by atomic mass is 31.2. The van der Waals surface area contributed by atoms with Gasteiger partial charge in [0.2, 0.25) is 0 Å². The molecular weight excluding hydrogens is 665 g/mol. The van der Waals surface area contributed by atoms with E-state index in [0.717, 1.165) is 38.5 Å². The van der Waals surface area contributed by atoms with Gasteiger partial charge in [0.25, 0.3) is 0 Å².